The summed E-state index contributed by atoms with van der Waals surface area (Å²) in [6.45, 7) is 3.75. The van der Waals surface area contributed by atoms with Crippen molar-refractivity contribution in [2.24, 2.45) is 0 Å². The number of hydrogen-bond donors (Lipinski definition) is 2. The average Bonchev–Trinajstić information content (AvgIpc) is 2.74. The maximum atomic E-state index is 13.4. The monoisotopic (exact) mass is 359 g/mol. The Morgan fingerprint density at radius 3 is 1.67 bits per heavy atom. The predicted octanol–water partition coefficient (Wildman–Crippen LogP) is 4.23. The van der Waals surface area contributed by atoms with E-state index in [0.29, 0.717) is 0 Å². The highest BCUT2D eigenvalue weighted by Crippen LogP contribution is 2.32. The fourth-order valence-corrected chi connectivity index (χ4v) is 3.34. The van der Waals surface area contributed by atoms with Crippen LogP contribution in [-0.4, -0.2) is 17.1 Å². The predicted molar refractivity (Wildman–Crippen MR) is 108 cm³/mol. The van der Waals surface area contributed by atoms with Crippen molar-refractivity contribution in [2.45, 2.75) is 31.4 Å². The Balaban J connectivity index is 1.90. The van der Waals surface area contributed by atoms with Crippen LogP contribution in [0.1, 0.15) is 36.6 Å². The number of benzene rings is 3. The third-order valence-corrected chi connectivity index (χ3v) is 5.13. The lowest BCUT2D eigenvalue weighted by molar-refractivity contribution is -0.126. The van der Waals surface area contributed by atoms with Crippen LogP contribution in [0, 0.1) is 0 Å². The van der Waals surface area contributed by atoms with Gasteiger partial charge in [0.1, 0.15) is 0 Å². The van der Waals surface area contributed by atoms with Crippen molar-refractivity contribution in [1.82, 2.24) is 5.32 Å². The van der Waals surface area contributed by atoms with Gasteiger partial charge >= 0.3 is 0 Å². The highest BCUT2D eigenvalue weighted by Gasteiger charge is 2.38. The van der Waals surface area contributed by atoms with Crippen LogP contribution < -0.4 is 5.32 Å². The molecule has 0 aromatic heterocycles. The largest absolute Gasteiger partial charge is 0.386 e. The Kier molecular flexibility index (Phi) is 5.72. The molecule has 0 spiro atoms. The maximum absolute atomic E-state index is 13.4. The molecular formula is C24H25NO2. The summed E-state index contributed by atoms with van der Waals surface area (Å²) in [7, 11) is 0. The van der Waals surface area contributed by atoms with Crippen LogP contribution in [0.5, 0.6) is 0 Å². The lowest BCUT2D eigenvalue weighted by atomic mass is 9.75. The fraction of sp³-hybridized carbons (Fsp3) is 0.208. The fourth-order valence-electron chi connectivity index (χ4n) is 3.34. The van der Waals surface area contributed by atoms with E-state index in [1.807, 2.05) is 105 Å². The number of amides is 1. The molecule has 0 aliphatic heterocycles. The number of hydrogen-bond acceptors (Lipinski definition) is 2. The molecule has 138 valence electrons. The first-order chi connectivity index (χ1) is 13.0. The zero-order valence-electron chi connectivity index (χ0n) is 15.7. The Bertz CT molecular complexity index is 823. The van der Waals surface area contributed by atoms with Gasteiger partial charge < -0.3 is 10.4 Å². The second-order valence-corrected chi connectivity index (χ2v) is 6.97. The molecule has 0 heterocycles. The molecule has 0 saturated carbocycles. The minimum Gasteiger partial charge on any atom is -0.386 e. The second kappa shape index (κ2) is 8.19. The molecule has 3 aromatic carbocycles. The van der Waals surface area contributed by atoms with Crippen LogP contribution in [0.2, 0.25) is 0 Å². The Labute approximate surface area is 160 Å². The van der Waals surface area contributed by atoms with Gasteiger partial charge in [0.15, 0.2) is 0 Å². The highest BCUT2D eigenvalue weighted by atomic mass is 16.3. The van der Waals surface area contributed by atoms with Crippen molar-refractivity contribution in [3.05, 3.63) is 108 Å². The van der Waals surface area contributed by atoms with Gasteiger partial charge in [-0.1, -0.05) is 91.0 Å². The highest BCUT2D eigenvalue weighted by molar-refractivity contribution is 5.91. The third kappa shape index (κ3) is 3.93. The van der Waals surface area contributed by atoms with Crippen molar-refractivity contribution in [3.63, 3.8) is 0 Å². The zero-order chi connectivity index (χ0) is 19.3. The molecule has 2 N–H and O–H groups in total. The van der Waals surface area contributed by atoms with Gasteiger partial charge in [-0.05, 0) is 30.5 Å². The van der Waals surface area contributed by atoms with E-state index in [9.17, 15) is 9.90 Å². The van der Waals surface area contributed by atoms with Gasteiger partial charge in [0.05, 0.1) is 17.6 Å². The van der Waals surface area contributed by atoms with Crippen LogP contribution in [0.15, 0.2) is 91.0 Å². The van der Waals surface area contributed by atoms with Crippen LogP contribution in [0.3, 0.4) is 0 Å². The molecule has 2 atom stereocenters. The van der Waals surface area contributed by atoms with Crippen LogP contribution in [-0.2, 0) is 10.2 Å². The standard InChI is InChI=1S/C24H25NO2/c1-18(22(26)19-12-6-3-7-13-19)25-23(27)24(2,20-14-8-4-9-15-20)21-16-10-5-11-17-21/h3-18,22,26H,1-2H3,(H,25,27). The van der Waals surface area contributed by atoms with Gasteiger partial charge in [-0.15, -0.1) is 0 Å². The summed E-state index contributed by atoms with van der Waals surface area (Å²) in [5.74, 6) is -0.137. The van der Waals surface area contributed by atoms with Gasteiger partial charge in [-0.3, -0.25) is 4.79 Å². The number of carbonyl (C=O) groups excluding carboxylic acids is 1. The molecule has 3 rings (SSSR count). The van der Waals surface area contributed by atoms with E-state index in [0.717, 1.165) is 16.7 Å². The van der Waals surface area contributed by atoms with Gasteiger partial charge in [0.25, 0.3) is 0 Å². The van der Waals surface area contributed by atoms with E-state index in [2.05, 4.69) is 5.32 Å². The van der Waals surface area contributed by atoms with Crippen molar-refractivity contribution in [3.8, 4) is 0 Å². The molecule has 0 bridgehead atoms. The number of carbonyl (C=O) groups is 1. The van der Waals surface area contributed by atoms with E-state index in [4.69, 9.17) is 0 Å². The number of rotatable bonds is 6. The maximum Gasteiger partial charge on any atom is 0.235 e. The summed E-state index contributed by atoms with van der Waals surface area (Å²) in [6, 6.07) is 28.4. The summed E-state index contributed by atoms with van der Waals surface area (Å²) >= 11 is 0. The lowest BCUT2D eigenvalue weighted by Crippen LogP contribution is -2.48. The minimum absolute atomic E-state index is 0.137. The molecule has 0 saturated heterocycles. The van der Waals surface area contributed by atoms with Crippen LogP contribution in [0.25, 0.3) is 0 Å². The molecule has 3 heteroatoms. The summed E-state index contributed by atoms with van der Waals surface area (Å²) in [5.41, 5.74) is 1.75. The molecule has 27 heavy (non-hydrogen) atoms. The Morgan fingerprint density at radius 2 is 1.22 bits per heavy atom. The first kappa shape index (κ1) is 18.9. The summed E-state index contributed by atoms with van der Waals surface area (Å²) in [4.78, 5) is 13.4. The van der Waals surface area contributed by atoms with Crippen molar-refractivity contribution >= 4 is 5.91 Å². The second-order valence-electron chi connectivity index (χ2n) is 6.97. The SMILES string of the molecule is CC(NC(=O)C(C)(c1ccccc1)c1ccccc1)C(O)c1ccccc1. The smallest absolute Gasteiger partial charge is 0.235 e. The summed E-state index contributed by atoms with van der Waals surface area (Å²) in [6.07, 6.45) is -0.772. The Morgan fingerprint density at radius 1 is 0.815 bits per heavy atom. The lowest BCUT2D eigenvalue weighted by Gasteiger charge is -2.32. The van der Waals surface area contributed by atoms with E-state index in [-0.39, 0.29) is 5.91 Å². The van der Waals surface area contributed by atoms with Crippen molar-refractivity contribution in [2.75, 3.05) is 0 Å². The van der Waals surface area contributed by atoms with Gasteiger partial charge in [-0.25, -0.2) is 0 Å². The normalized spacial score (nSPS) is 13.6. The van der Waals surface area contributed by atoms with Crippen LogP contribution in [0.4, 0.5) is 0 Å². The van der Waals surface area contributed by atoms with Gasteiger partial charge in [0.2, 0.25) is 5.91 Å². The van der Waals surface area contributed by atoms with E-state index in [1.54, 1.807) is 0 Å². The molecule has 1 amide bonds. The molecule has 0 radical (unpaired) electrons. The Hall–Kier alpha value is -2.91. The summed E-state index contributed by atoms with van der Waals surface area (Å²) in [5, 5.41) is 13.7. The number of nitrogens with one attached hydrogen (secondary N) is 1. The van der Waals surface area contributed by atoms with Crippen LogP contribution >= 0.6 is 0 Å². The number of aliphatic hydroxyl groups excluding tert-OH is 1. The third-order valence-electron chi connectivity index (χ3n) is 5.13. The van der Waals surface area contributed by atoms with Crippen molar-refractivity contribution in [1.29, 1.82) is 0 Å². The molecular weight excluding hydrogens is 334 g/mol. The minimum atomic E-state index is -0.854. The van der Waals surface area contributed by atoms with E-state index < -0.39 is 17.6 Å². The average molecular weight is 359 g/mol. The zero-order valence-corrected chi connectivity index (χ0v) is 15.7. The van der Waals surface area contributed by atoms with E-state index >= 15 is 0 Å². The quantitative estimate of drug-likeness (QED) is 0.692. The molecule has 3 aromatic rings. The topological polar surface area (TPSA) is 49.3 Å². The van der Waals surface area contributed by atoms with Gasteiger partial charge in [0, 0.05) is 0 Å². The van der Waals surface area contributed by atoms with Gasteiger partial charge in [-0.2, -0.15) is 0 Å². The number of aliphatic hydroxyl groups is 1. The summed E-state index contributed by atoms with van der Waals surface area (Å²) < 4.78 is 0. The molecule has 2 unspecified atom stereocenters. The molecule has 0 aliphatic carbocycles. The van der Waals surface area contributed by atoms with E-state index in [1.165, 1.54) is 0 Å². The molecule has 0 fully saturated rings. The molecule has 3 nitrogen and oxygen atoms in total. The van der Waals surface area contributed by atoms with Crippen molar-refractivity contribution < 1.29 is 9.90 Å². The molecule has 0 aliphatic rings. The first-order valence-corrected chi connectivity index (χ1v) is 9.18. The first-order valence-electron chi connectivity index (χ1n) is 9.18.